The predicted molar refractivity (Wildman–Crippen MR) is 54.3 cm³/mol. The molecule has 0 radical (unpaired) electrons. The molecule has 1 aliphatic heterocycles. The Morgan fingerprint density at radius 2 is 2.06 bits per heavy atom. The Hall–Kier alpha value is -1.48. The molecule has 94 valence electrons. The molecule has 4 N–H and O–H groups in total. The fraction of sp³-hybridized carbons (Fsp3) is 0.556. The van der Waals surface area contributed by atoms with E-state index in [9.17, 15) is 19.8 Å². The van der Waals surface area contributed by atoms with Crippen molar-refractivity contribution in [3.8, 4) is 0 Å². The Balaban J connectivity index is 2.35. The van der Waals surface area contributed by atoms with Gasteiger partial charge in [-0.05, 0) is 0 Å². The van der Waals surface area contributed by atoms with Crippen LogP contribution in [-0.2, 0) is 4.74 Å². The molecule has 1 saturated heterocycles. The highest BCUT2D eigenvalue weighted by molar-refractivity contribution is 4.92. The van der Waals surface area contributed by atoms with Gasteiger partial charge in [0.15, 0.2) is 6.23 Å². The maximum atomic E-state index is 11.4. The molecule has 2 rings (SSSR count). The molecule has 0 bridgehead atoms. The molecule has 17 heavy (non-hydrogen) atoms. The van der Waals surface area contributed by atoms with Crippen molar-refractivity contribution in [1.82, 2.24) is 9.55 Å². The molecule has 8 heteroatoms. The van der Waals surface area contributed by atoms with Crippen molar-refractivity contribution in [2.75, 3.05) is 6.61 Å². The molecule has 8 nitrogen and oxygen atoms in total. The lowest BCUT2D eigenvalue weighted by molar-refractivity contribution is -0.0550. The van der Waals surface area contributed by atoms with Crippen LogP contribution in [0.4, 0.5) is 0 Å². The van der Waals surface area contributed by atoms with E-state index in [0.29, 0.717) is 0 Å². The lowest BCUT2D eigenvalue weighted by atomic mass is 10.1. The maximum absolute atomic E-state index is 11.4. The molecule has 1 unspecified atom stereocenters. The van der Waals surface area contributed by atoms with Gasteiger partial charge in [-0.15, -0.1) is 0 Å². The molecule has 0 amide bonds. The average molecular weight is 244 g/mol. The SMILES string of the molecule is O=c1ccn(C2O[C@@H](CO)[C@H](O)[C@@H]2O)c(=O)[nH]1. The van der Waals surface area contributed by atoms with Gasteiger partial charge in [-0.25, -0.2) is 4.79 Å². The van der Waals surface area contributed by atoms with E-state index < -0.39 is 42.4 Å². The van der Waals surface area contributed by atoms with Crippen LogP contribution in [0.3, 0.4) is 0 Å². The molecule has 1 fully saturated rings. The zero-order valence-electron chi connectivity index (χ0n) is 8.68. The van der Waals surface area contributed by atoms with E-state index in [1.807, 2.05) is 4.98 Å². The number of hydrogen-bond acceptors (Lipinski definition) is 6. The zero-order valence-corrected chi connectivity index (χ0v) is 8.68. The largest absolute Gasteiger partial charge is 0.394 e. The number of nitrogens with zero attached hydrogens (tertiary/aromatic N) is 1. The highest BCUT2D eigenvalue weighted by atomic mass is 16.6. The molecule has 0 aliphatic carbocycles. The summed E-state index contributed by atoms with van der Waals surface area (Å²) in [6.07, 6.45) is -3.58. The third-order valence-corrected chi connectivity index (χ3v) is 2.64. The summed E-state index contributed by atoms with van der Waals surface area (Å²) in [6.45, 7) is -0.479. The molecule has 1 aromatic heterocycles. The predicted octanol–water partition coefficient (Wildman–Crippen LogP) is -2.85. The molecule has 2 heterocycles. The number of H-pyrrole nitrogens is 1. The summed E-state index contributed by atoms with van der Waals surface area (Å²) < 4.78 is 6.08. The van der Waals surface area contributed by atoms with Crippen LogP contribution in [-0.4, -0.2) is 49.8 Å². The summed E-state index contributed by atoms with van der Waals surface area (Å²) in [7, 11) is 0. The summed E-state index contributed by atoms with van der Waals surface area (Å²) in [6, 6.07) is 1.09. The first-order chi connectivity index (χ1) is 8.04. The van der Waals surface area contributed by atoms with Gasteiger partial charge in [0.25, 0.3) is 5.56 Å². The van der Waals surface area contributed by atoms with E-state index in [1.165, 1.54) is 0 Å². The Morgan fingerprint density at radius 3 is 2.59 bits per heavy atom. The normalized spacial score (nSPS) is 32.9. The van der Waals surface area contributed by atoms with Crippen LogP contribution in [0.25, 0.3) is 0 Å². The van der Waals surface area contributed by atoms with Crippen LogP contribution in [0, 0.1) is 0 Å². The third-order valence-electron chi connectivity index (χ3n) is 2.64. The number of rotatable bonds is 2. The minimum atomic E-state index is -1.35. The summed E-state index contributed by atoms with van der Waals surface area (Å²) >= 11 is 0. The van der Waals surface area contributed by atoms with Gasteiger partial charge in [0.2, 0.25) is 0 Å². The van der Waals surface area contributed by atoms with Crippen LogP contribution in [0.15, 0.2) is 21.9 Å². The molecule has 1 aromatic rings. The first kappa shape index (κ1) is 12.0. The molecule has 0 spiro atoms. The van der Waals surface area contributed by atoms with Gasteiger partial charge in [0.05, 0.1) is 6.61 Å². The average Bonchev–Trinajstić information content (AvgIpc) is 2.57. The van der Waals surface area contributed by atoms with Gasteiger partial charge in [-0.2, -0.15) is 0 Å². The van der Waals surface area contributed by atoms with Gasteiger partial charge in [-0.1, -0.05) is 0 Å². The van der Waals surface area contributed by atoms with Crippen molar-refractivity contribution in [1.29, 1.82) is 0 Å². The number of aliphatic hydroxyl groups is 3. The molecular formula is C9H12N2O6. The second-order valence-corrected chi connectivity index (χ2v) is 3.75. The van der Waals surface area contributed by atoms with Gasteiger partial charge in [0, 0.05) is 12.3 Å². The Labute approximate surface area is 94.7 Å². The zero-order chi connectivity index (χ0) is 12.6. The number of ether oxygens (including phenoxy) is 1. The summed E-state index contributed by atoms with van der Waals surface area (Å²) in [5, 5.41) is 28.1. The van der Waals surface area contributed by atoms with E-state index >= 15 is 0 Å². The number of nitrogens with one attached hydrogen (secondary N) is 1. The molecule has 0 aromatic carbocycles. The highest BCUT2D eigenvalue weighted by Crippen LogP contribution is 2.27. The smallest absolute Gasteiger partial charge is 0.330 e. The van der Waals surface area contributed by atoms with Crippen molar-refractivity contribution in [2.24, 2.45) is 0 Å². The van der Waals surface area contributed by atoms with Crippen molar-refractivity contribution >= 4 is 0 Å². The maximum Gasteiger partial charge on any atom is 0.330 e. The first-order valence-corrected chi connectivity index (χ1v) is 4.98. The van der Waals surface area contributed by atoms with Gasteiger partial charge < -0.3 is 20.1 Å². The Kier molecular flexibility index (Phi) is 3.11. The summed E-state index contributed by atoms with van der Waals surface area (Å²) in [4.78, 5) is 24.3. The minimum absolute atomic E-state index is 0.479. The number of hydrogen-bond donors (Lipinski definition) is 4. The van der Waals surface area contributed by atoms with Crippen LogP contribution >= 0.6 is 0 Å². The quantitative estimate of drug-likeness (QED) is 0.444. The van der Waals surface area contributed by atoms with E-state index in [0.717, 1.165) is 16.8 Å². The highest BCUT2D eigenvalue weighted by Gasteiger charge is 2.43. The Morgan fingerprint density at radius 1 is 1.35 bits per heavy atom. The van der Waals surface area contributed by atoms with Crippen molar-refractivity contribution in [2.45, 2.75) is 24.5 Å². The van der Waals surface area contributed by atoms with E-state index in [-0.39, 0.29) is 0 Å². The van der Waals surface area contributed by atoms with Crippen molar-refractivity contribution in [3.05, 3.63) is 33.1 Å². The summed E-state index contributed by atoms with van der Waals surface area (Å²) in [5.74, 6) is 0. The standard InChI is InChI=1S/C9H12N2O6/c12-3-4-6(14)7(15)8(17-4)11-2-1-5(13)10-9(11)16/h1-2,4,6-8,12,14-15H,3H2,(H,10,13,16)/t4-,6-,7-,8?/m0/s1. The van der Waals surface area contributed by atoms with Crippen molar-refractivity contribution in [3.63, 3.8) is 0 Å². The van der Waals surface area contributed by atoms with Gasteiger partial charge >= 0.3 is 5.69 Å². The number of aliphatic hydroxyl groups excluding tert-OH is 3. The lowest BCUT2D eigenvalue weighted by Gasteiger charge is -2.16. The Bertz CT molecular complexity index is 509. The second kappa shape index (κ2) is 4.41. The van der Waals surface area contributed by atoms with Gasteiger partial charge in [0.1, 0.15) is 18.3 Å². The fourth-order valence-corrected chi connectivity index (χ4v) is 1.74. The van der Waals surface area contributed by atoms with Crippen LogP contribution in [0.5, 0.6) is 0 Å². The van der Waals surface area contributed by atoms with Gasteiger partial charge in [-0.3, -0.25) is 14.3 Å². The topological polar surface area (TPSA) is 125 Å². The van der Waals surface area contributed by atoms with Crippen LogP contribution < -0.4 is 11.2 Å². The van der Waals surface area contributed by atoms with E-state index in [4.69, 9.17) is 9.84 Å². The number of aromatic amines is 1. The molecule has 0 saturated carbocycles. The van der Waals surface area contributed by atoms with Crippen LogP contribution in [0.1, 0.15) is 6.23 Å². The fourth-order valence-electron chi connectivity index (χ4n) is 1.74. The van der Waals surface area contributed by atoms with E-state index in [2.05, 4.69) is 0 Å². The molecular weight excluding hydrogens is 232 g/mol. The van der Waals surface area contributed by atoms with E-state index in [1.54, 1.807) is 0 Å². The molecule has 1 aliphatic rings. The first-order valence-electron chi connectivity index (χ1n) is 4.98. The second-order valence-electron chi connectivity index (χ2n) is 3.75. The minimum Gasteiger partial charge on any atom is -0.394 e. The molecule has 4 atom stereocenters. The third kappa shape index (κ3) is 2.03. The van der Waals surface area contributed by atoms with Crippen LogP contribution in [0.2, 0.25) is 0 Å². The lowest BCUT2D eigenvalue weighted by Crippen LogP contribution is -2.37. The number of aromatic nitrogens is 2. The van der Waals surface area contributed by atoms with Crippen molar-refractivity contribution < 1.29 is 20.1 Å². The monoisotopic (exact) mass is 244 g/mol. The summed E-state index contributed by atoms with van der Waals surface area (Å²) in [5.41, 5.74) is -1.33.